The molecule has 0 spiro atoms. The van der Waals surface area contributed by atoms with Gasteiger partial charge in [-0.3, -0.25) is 0 Å². The van der Waals surface area contributed by atoms with Crippen LogP contribution in [0.5, 0.6) is 0 Å². The normalized spacial score (nSPS) is 12.4. The Balaban J connectivity index is 1.29. The van der Waals surface area contributed by atoms with Gasteiger partial charge in [0.25, 0.3) is 0 Å². The Morgan fingerprint density at radius 3 is 1.54 bits per heavy atom. The van der Waals surface area contributed by atoms with E-state index in [9.17, 15) is 5.26 Å². The standard InChI is InChI=1S/C51H28F3N3O2/c1-28-11-10-16-39(51(52,53)54)46(28)38-26-42(56-40-17-6-2-12-30(40)34-21-23-36-32-14-4-8-19-44(32)58-49(36)47(34)56)29(27-55)25-43(38)57-41-18-7-3-13-31(41)35-22-24-37-33-15-5-9-20-45(33)59-50(37)48(35)57/h2-26H,1H3. The maximum atomic E-state index is 15.3. The number of hydrogen-bond acceptors (Lipinski definition) is 3. The fourth-order valence-corrected chi connectivity index (χ4v) is 9.46. The van der Waals surface area contributed by atoms with Crippen molar-refractivity contribution in [3.8, 4) is 28.6 Å². The topological polar surface area (TPSA) is 59.9 Å². The number of aryl methyl sites for hydroxylation is 1. The quantitative estimate of drug-likeness (QED) is 0.180. The van der Waals surface area contributed by atoms with E-state index in [4.69, 9.17) is 8.83 Å². The van der Waals surface area contributed by atoms with E-state index >= 15 is 13.2 Å². The van der Waals surface area contributed by atoms with Gasteiger partial charge in [-0.05, 0) is 72.6 Å². The third-order valence-electron chi connectivity index (χ3n) is 11.9. The summed E-state index contributed by atoms with van der Waals surface area (Å²) in [6.07, 6.45) is -4.69. The third-order valence-corrected chi connectivity index (χ3v) is 11.9. The lowest BCUT2D eigenvalue weighted by Gasteiger charge is -2.22. The van der Waals surface area contributed by atoms with Crippen molar-refractivity contribution in [1.82, 2.24) is 9.13 Å². The second-order valence-corrected chi connectivity index (χ2v) is 15.1. The minimum Gasteiger partial charge on any atom is -0.454 e. The monoisotopic (exact) mass is 771 g/mol. The molecule has 0 saturated carbocycles. The number of benzene rings is 8. The van der Waals surface area contributed by atoms with Gasteiger partial charge in [0.1, 0.15) is 17.2 Å². The van der Waals surface area contributed by atoms with Crippen molar-refractivity contribution in [2.24, 2.45) is 0 Å². The first-order chi connectivity index (χ1) is 28.8. The van der Waals surface area contributed by atoms with Crippen molar-refractivity contribution in [3.63, 3.8) is 0 Å². The van der Waals surface area contributed by atoms with Crippen LogP contribution in [0.1, 0.15) is 16.7 Å². The molecule has 5 nitrogen and oxygen atoms in total. The van der Waals surface area contributed by atoms with Crippen LogP contribution in [0, 0.1) is 18.3 Å². The highest BCUT2D eigenvalue weighted by atomic mass is 19.4. The van der Waals surface area contributed by atoms with Crippen LogP contribution >= 0.6 is 0 Å². The molecule has 4 aromatic heterocycles. The molecule has 0 aliphatic rings. The second-order valence-electron chi connectivity index (χ2n) is 15.1. The summed E-state index contributed by atoms with van der Waals surface area (Å²) in [5.41, 5.74) is 6.70. The summed E-state index contributed by atoms with van der Waals surface area (Å²) in [5, 5.41) is 18.4. The third kappa shape index (κ3) is 4.55. The molecule has 0 aliphatic carbocycles. The number of hydrogen-bond donors (Lipinski definition) is 0. The van der Waals surface area contributed by atoms with E-state index < -0.39 is 11.7 Å². The molecule has 0 aliphatic heterocycles. The predicted octanol–water partition coefficient (Wildman–Crippen LogP) is 14.5. The summed E-state index contributed by atoms with van der Waals surface area (Å²) in [7, 11) is 0. The zero-order valence-corrected chi connectivity index (χ0v) is 31.2. The van der Waals surface area contributed by atoms with Gasteiger partial charge in [0.05, 0.1) is 44.6 Å². The molecular weight excluding hydrogens is 744 g/mol. The molecule has 280 valence electrons. The smallest absolute Gasteiger partial charge is 0.417 e. The Hall–Kier alpha value is -7.76. The second kappa shape index (κ2) is 11.9. The molecule has 0 radical (unpaired) electrons. The van der Waals surface area contributed by atoms with Gasteiger partial charge in [0, 0.05) is 48.7 Å². The first kappa shape index (κ1) is 33.4. The number of aromatic nitrogens is 2. The molecule has 8 aromatic carbocycles. The molecule has 12 aromatic rings. The average molecular weight is 772 g/mol. The number of halogens is 3. The highest BCUT2D eigenvalue weighted by molar-refractivity contribution is 6.23. The van der Waals surface area contributed by atoms with Gasteiger partial charge in [0.15, 0.2) is 11.2 Å². The molecule has 12 rings (SSSR count). The summed E-state index contributed by atoms with van der Waals surface area (Å²) in [5.74, 6) is 0. The Labute approximate surface area is 332 Å². The van der Waals surface area contributed by atoms with Gasteiger partial charge < -0.3 is 18.0 Å². The highest BCUT2D eigenvalue weighted by Gasteiger charge is 2.36. The van der Waals surface area contributed by atoms with Crippen molar-refractivity contribution in [3.05, 3.63) is 168 Å². The van der Waals surface area contributed by atoms with E-state index in [0.717, 1.165) is 65.7 Å². The fourth-order valence-electron chi connectivity index (χ4n) is 9.46. The number of nitrogens with zero attached hydrogens (tertiary/aromatic N) is 3. The maximum Gasteiger partial charge on any atom is 0.417 e. The first-order valence-corrected chi connectivity index (χ1v) is 19.2. The van der Waals surface area contributed by atoms with Crippen LogP contribution in [0.2, 0.25) is 0 Å². The molecule has 0 amide bonds. The van der Waals surface area contributed by atoms with Crippen molar-refractivity contribution in [2.75, 3.05) is 0 Å². The summed E-state index contributed by atoms with van der Waals surface area (Å²) >= 11 is 0. The molecular formula is C51H28F3N3O2. The number of fused-ring (bicyclic) bond motifs is 14. The van der Waals surface area contributed by atoms with Crippen LogP contribution < -0.4 is 0 Å². The van der Waals surface area contributed by atoms with Crippen molar-refractivity contribution < 1.29 is 22.0 Å². The van der Waals surface area contributed by atoms with Crippen LogP contribution in [0.15, 0.2) is 160 Å². The van der Waals surface area contributed by atoms with Gasteiger partial charge in [-0.1, -0.05) is 97.1 Å². The summed E-state index contributed by atoms with van der Waals surface area (Å²) < 4.78 is 63.2. The van der Waals surface area contributed by atoms with Crippen molar-refractivity contribution in [1.29, 1.82) is 5.26 Å². The van der Waals surface area contributed by atoms with Gasteiger partial charge in [-0.25, -0.2) is 0 Å². The van der Waals surface area contributed by atoms with Gasteiger partial charge >= 0.3 is 6.18 Å². The lowest BCUT2D eigenvalue weighted by atomic mass is 9.91. The zero-order chi connectivity index (χ0) is 39.7. The van der Waals surface area contributed by atoms with Crippen LogP contribution in [-0.2, 0) is 6.18 Å². The summed E-state index contributed by atoms with van der Waals surface area (Å²) in [4.78, 5) is 0. The summed E-state index contributed by atoms with van der Waals surface area (Å²) in [6, 6.07) is 49.7. The summed E-state index contributed by atoms with van der Waals surface area (Å²) in [6.45, 7) is 1.70. The molecule has 0 atom stereocenters. The largest absolute Gasteiger partial charge is 0.454 e. The average Bonchev–Trinajstić information content (AvgIpc) is 4.00. The highest BCUT2D eigenvalue weighted by Crippen LogP contribution is 2.48. The van der Waals surface area contributed by atoms with Crippen LogP contribution in [0.4, 0.5) is 13.2 Å². The van der Waals surface area contributed by atoms with Crippen LogP contribution in [-0.4, -0.2) is 9.13 Å². The first-order valence-electron chi connectivity index (χ1n) is 19.2. The lowest BCUT2D eigenvalue weighted by molar-refractivity contribution is -0.137. The molecule has 8 heteroatoms. The minimum atomic E-state index is -4.69. The Kier molecular flexibility index (Phi) is 6.73. The minimum absolute atomic E-state index is 0.0260. The Bertz CT molecular complexity index is 3810. The van der Waals surface area contributed by atoms with Crippen LogP contribution in [0.3, 0.4) is 0 Å². The maximum absolute atomic E-state index is 15.3. The van der Waals surface area contributed by atoms with E-state index in [1.807, 2.05) is 124 Å². The van der Waals surface area contributed by atoms with E-state index in [-0.39, 0.29) is 11.1 Å². The molecule has 0 bridgehead atoms. The van der Waals surface area contributed by atoms with E-state index in [2.05, 4.69) is 12.1 Å². The van der Waals surface area contributed by atoms with Crippen molar-refractivity contribution in [2.45, 2.75) is 13.1 Å². The van der Waals surface area contributed by atoms with Gasteiger partial charge in [0.2, 0.25) is 0 Å². The lowest BCUT2D eigenvalue weighted by Crippen LogP contribution is -2.10. The van der Waals surface area contributed by atoms with E-state index in [1.165, 1.54) is 6.07 Å². The molecule has 0 N–H and O–H groups in total. The number of alkyl halides is 3. The number of nitriles is 1. The fraction of sp³-hybridized carbons (Fsp3) is 0.0392. The van der Waals surface area contributed by atoms with Crippen molar-refractivity contribution >= 4 is 87.5 Å². The molecule has 0 fully saturated rings. The molecule has 59 heavy (non-hydrogen) atoms. The SMILES string of the molecule is Cc1cccc(C(F)(F)F)c1-c1cc(-n2c3ccccc3c3ccc4c5ccccc5oc4c32)c(C#N)cc1-n1c2ccccc2c2ccc3c4ccccc4oc3c21. The van der Waals surface area contributed by atoms with E-state index in [0.29, 0.717) is 50.4 Å². The van der Waals surface area contributed by atoms with Crippen LogP contribution in [0.25, 0.3) is 110 Å². The molecule has 0 saturated heterocycles. The number of rotatable bonds is 3. The van der Waals surface area contributed by atoms with Gasteiger partial charge in [-0.15, -0.1) is 0 Å². The number of para-hydroxylation sites is 4. The Morgan fingerprint density at radius 1 is 0.508 bits per heavy atom. The zero-order valence-electron chi connectivity index (χ0n) is 31.2. The molecule has 4 heterocycles. The van der Waals surface area contributed by atoms with Gasteiger partial charge in [-0.2, -0.15) is 18.4 Å². The van der Waals surface area contributed by atoms with E-state index in [1.54, 1.807) is 25.1 Å². The number of furan rings is 2. The predicted molar refractivity (Wildman–Crippen MR) is 230 cm³/mol. The molecule has 0 unspecified atom stereocenters. The Morgan fingerprint density at radius 2 is 1.00 bits per heavy atom.